The largest absolute Gasteiger partial charge is 0.394 e. The fourth-order valence-electron chi connectivity index (χ4n) is 3.10. The number of aryl methyl sites for hydroxylation is 1. The number of hydrogen-bond acceptors (Lipinski definition) is 4. The van der Waals surface area contributed by atoms with Gasteiger partial charge in [-0.2, -0.15) is 0 Å². The van der Waals surface area contributed by atoms with Gasteiger partial charge in [0.2, 0.25) is 0 Å². The van der Waals surface area contributed by atoms with E-state index in [9.17, 15) is 9.90 Å². The highest BCUT2D eigenvalue weighted by molar-refractivity contribution is 5.94. The van der Waals surface area contributed by atoms with Crippen LogP contribution in [0.3, 0.4) is 0 Å². The molecule has 4 rings (SSSR count). The van der Waals surface area contributed by atoms with E-state index in [1.807, 2.05) is 43.5 Å². The third-order valence-electron chi connectivity index (χ3n) is 4.82. The summed E-state index contributed by atoms with van der Waals surface area (Å²) in [7, 11) is 0. The van der Waals surface area contributed by atoms with Crippen LogP contribution in [0.2, 0.25) is 0 Å². The predicted molar refractivity (Wildman–Crippen MR) is 102 cm³/mol. The van der Waals surface area contributed by atoms with E-state index in [1.165, 1.54) is 0 Å². The Morgan fingerprint density at radius 1 is 1.33 bits per heavy atom. The van der Waals surface area contributed by atoms with Crippen molar-refractivity contribution >= 4 is 5.91 Å². The molecule has 1 aliphatic rings. The highest BCUT2D eigenvalue weighted by Gasteiger charge is 2.27. The molecular weight excluding hydrogens is 340 g/mol. The molecule has 0 aliphatic heterocycles. The van der Waals surface area contributed by atoms with Gasteiger partial charge in [-0.15, -0.1) is 0 Å². The Kier molecular flexibility index (Phi) is 4.73. The summed E-state index contributed by atoms with van der Waals surface area (Å²) in [6, 6.07) is 10.8. The highest BCUT2D eigenvalue weighted by atomic mass is 16.3. The smallest absolute Gasteiger partial charge is 0.268 e. The Balaban J connectivity index is 1.54. The fourth-order valence-corrected chi connectivity index (χ4v) is 3.10. The molecule has 3 N–H and O–H groups in total. The second kappa shape index (κ2) is 7.32. The molecule has 6 nitrogen and oxygen atoms in total. The molecule has 1 fully saturated rings. The van der Waals surface area contributed by atoms with Crippen LogP contribution in [0.4, 0.5) is 0 Å². The van der Waals surface area contributed by atoms with Crippen molar-refractivity contribution in [3.8, 4) is 11.3 Å². The first-order valence-electron chi connectivity index (χ1n) is 9.14. The van der Waals surface area contributed by atoms with Crippen molar-refractivity contribution in [3.63, 3.8) is 0 Å². The Morgan fingerprint density at radius 2 is 2.11 bits per heavy atom. The van der Waals surface area contributed by atoms with Crippen molar-refractivity contribution in [1.82, 2.24) is 20.3 Å². The molecule has 138 valence electrons. The van der Waals surface area contributed by atoms with Crippen LogP contribution in [0.5, 0.6) is 0 Å². The second-order valence-corrected chi connectivity index (χ2v) is 6.96. The number of aromatic amines is 1. The lowest BCUT2D eigenvalue weighted by atomic mass is 10.1. The van der Waals surface area contributed by atoms with Crippen molar-refractivity contribution < 1.29 is 9.90 Å². The highest BCUT2D eigenvalue weighted by Crippen LogP contribution is 2.38. The average Bonchev–Trinajstić information content (AvgIpc) is 3.43. The lowest BCUT2D eigenvalue weighted by Crippen LogP contribution is -2.30. The topological polar surface area (TPSA) is 90.9 Å². The van der Waals surface area contributed by atoms with Crippen LogP contribution < -0.4 is 5.32 Å². The van der Waals surface area contributed by atoms with Crippen LogP contribution in [0.15, 0.2) is 48.8 Å². The molecule has 1 atom stereocenters. The summed E-state index contributed by atoms with van der Waals surface area (Å²) in [5.41, 5.74) is 3.99. The van der Waals surface area contributed by atoms with E-state index < -0.39 is 6.04 Å². The fraction of sp³-hybridized carbons (Fsp3) is 0.286. The minimum absolute atomic E-state index is 0.168. The molecule has 1 saturated carbocycles. The number of rotatable bonds is 6. The summed E-state index contributed by atoms with van der Waals surface area (Å²) in [5, 5.41) is 12.5. The quantitative estimate of drug-likeness (QED) is 0.628. The summed E-state index contributed by atoms with van der Waals surface area (Å²) in [5.74, 6) is 1.09. The standard InChI is InChI=1S/C21H22N4O2/c1-13-10-23-20(15-7-8-15)25-19(13)16-9-17(22-11-16)21(27)24-18(12-26)14-5-3-2-4-6-14/h2-6,9-11,15,18,22,26H,7-8,12H2,1H3,(H,24,27)/t18-/m0/s1. The van der Waals surface area contributed by atoms with Gasteiger partial charge in [-0.3, -0.25) is 4.79 Å². The Hall–Kier alpha value is -2.99. The van der Waals surface area contributed by atoms with Crippen LogP contribution in [-0.4, -0.2) is 32.6 Å². The Morgan fingerprint density at radius 3 is 2.81 bits per heavy atom. The van der Waals surface area contributed by atoms with Crippen molar-refractivity contribution in [2.24, 2.45) is 0 Å². The Labute approximate surface area is 157 Å². The molecule has 0 unspecified atom stereocenters. The molecule has 0 spiro atoms. The first-order valence-corrected chi connectivity index (χ1v) is 9.14. The normalized spacial score (nSPS) is 14.7. The van der Waals surface area contributed by atoms with Crippen LogP contribution >= 0.6 is 0 Å². The predicted octanol–water partition coefficient (Wildman–Crippen LogP) is 3.12. The van der Waals surface area contributed by atoms with Gasteiger partial charge in [0.25, 0.3) is 5.91 Å². The molecule has 0 saturated heterocycles. The first kappa shape index (κ1) is 17.4. The number of H-pyrrole nitrogens is 1. The number of benzene rings is 1. The average molecular weight is 362 g/mol. The van der Waals surface area contributed by atoms with Crippen LogP contribution in [0.1, 0.15) is 52.2 Å². The molecule has 0 radical (unpaired) electrons. The number of nitrogens with zero attached hydrogens (tertiary/aromatic N) is 2. The zero-order chi connectivity index (χ0) is 18.8. The summed E-state index contributed by atoms with van der Waals surface area (Å²) in [6.45, 7) is 1.80. The Bertz CT molecular complexity index is 948. The maximum absolute atomic E-state index is 12.6. The van der Waals surface area contributed by atoms with Gasteiger partial charge in [0.1, 0.15) is 11.5 Å². The third kappa shape index (κ3) is 3.75. The zero-order valence-electron chi connectivity index (χ0n) is 15.1. The third-order valence-corrected chi connectivity index (χ3v) is 4.82. The molecule has 2 heterocycles. The number of carbonyl (C=O) groups is 1. The summed E-state index contributed by atoms with van der Waals surface area (Å²) < 4.78 is 0. The van der Waals surface area contributed by atoms with E-state index in [0.717, 1.165) is 41.1 Å². The number of aliphatic hydroxyl groups excluding tert-OH is 1. The monoisotopic (exact) mass is 362 g/mol. The lowest BCUT2D eigenvalue weighted by Gasteiger charge is -2.16. The molecule has 1 amide bonds. The number of aromatic nitrogens is 3. The van der Waals surface area contributed by atoms with Gasteiger partial charge in [0, 0.05) is 23.9 Å². The van der Waals surface area contributed by atoms with Crippen molar-refractivity contribution in [3.05, 3.63) is 71.4 Å². The zero-order valence-corrected chi connectivity index (χ0v) is 15.1. The van der Waals surface area contributed by atoms with Gasteiger partial charge in [0.15, 0.2) is 0 Å². The summed E-state index contributed by atoms with van der Waals surface area (Å²) in [6.07, 6.45) is 5.92. The SMILES string of the molecule is Cc1cnc(C2CC2)nc1-c1c[nH]c(C(=O)N[C@@H](CO)c2ccccc2)c1. The first-order chi connectivity index (χ1) is 13.2. The molecule has 0 bridgehead atoms. The van der Waals surface area contributed by atoms with Crippen molar-refractivity contribution in [1.29, 1.82) is 0 Å². The second-order valence-electron chi connectivity index (χ2n) is 6.96. The molecule has 2 aromatic heterocycles. The van der Waals surface area contributed by atoms with Crippen LogP contribution in [-0.2, 0) is 0 Å². The number of carbonyl (C=O) groups excluding carboxylic acids is 1. The minimum atomic E-state index is -0.451. The van der Waals surface area contributed by atoms with Gasteiger partial charge in [-0.1, -0.05) is 30.3 Å². The van der Waals surface area contributed by atoms with E-state index >= 15 is 0 Å². The summed E-state index contributed by atoms with van der Waals surface area (Å²) >= 11 is 0. The number of aliphatic hydroxyl groups is 1. The van der Waals surface area contributed by atoms with Gasteiger partial charge >= 0.3 is 0 Å². The van der Waals surface area contributed by atoms with E-state index in [2.05, 4.69) is 15.3 Å². The van der Waals surface area contributed by atoms with Gasteiger partial charge < -0.3 is 15.4 Å². The maximum Gasteiger partial charge on any atom is 0.268 e. The molecule has 27 heavy (non-hydrogen) atoms. The number of amides is 1. The van der Waals surface area contributed by atoms with Crippen molar-refractivity contribution in [2.75, 3.05) is 6.61 Å². The van der Waals surface area contributed by atoms with E-state index in [4.69, 9.17) is 4.98 Å². The van der Waals surface area contributed by atoms with Crippen molar-refractivity contribution in [2.45, 2.75) is 31.7 Å². The van der Waals surface area contributed by atoms with E-state index in [-0.39, 0.29) is 12.5 Å². The van der Waals surface area contributed by atoms with Crippen LogP contribution in [0, 0.1) is 6.92 Å². The molecular formula is C21H22N4O2. The van der Waals surface area contributed by atoms with Gasteiger partial charge in [-0.05, 0) is 37.0 Å². The lowest BCUT2D eigenvalue weighted by molar-refractivity contribution is 0.0912. The molecule has 1 aromatic carbocycles. The van der Waals surface area contributed by atoms with Crippen LogP contribution in [0.25, 0.3) is 11.3 Å². The molecule has 6 heteroatoms. The molecule has 1 aliphatic carbocycles. The molecule has 3 aromatic rings. The van der Waals surface area contributed by atoms with E-state index in [1.54, 1.807) is 12.3 Å². The van der Waals surface area contributed by atoms with Gasteiger partial charge in [-0.25, -0.2) is 9.97 Å². The number of nitrogens with one attached hydrogen (secondary N) is 2. The minimum Gasteiger partial charge on any atom is -0.394 e. The summed E-state index contributed by atoms with van der Waals surface area (Å²) in [4.78, 5) is 24.8. The number of hydrogen-bond donors (Lipinski definition) is 3. The maximum atomic E-state index is 12.6. The van der Waals surface area contributed by atoms with Gasteiger partial charge in [0.05, 0.1) is 18.3 Å². The van der Waals surface area contributed by atoms with E-state index in [0.29, 0.717) is 11.6 Å².